The molecule has 0 unspecified atom stereocenters. The summed E-state index contributed by atoms with van der Waals surface area (Å²) >= 11 is 11.6. The minimum absolute atomic E-state index is 0.144. The van der Waals surface area contributed by atoms with Crippen LogP contribution in [-0.4, -0.2) is 5.91 Å². The Labute approximate surface area is 128 Å². The third-order valence-corrected chi connectivity index (χ3v) is 3.18. The number of carbonyl (C=O) groups is 1. The van der Waals surface area contributed by atoms with E-state index in [9.17, 15) is 4.79 Å². The van der Waals surface area contributed by atoms with Crippen LogP contribution in [0, 0.1) is 0 Å². The van der Waals surface area contributed by atoms with E-state index in [4.69, 9.17) is 23.2 Å². The lowest BCUT2D eigenvalue weighted by molar-refractivity contribution is -0.116. The lowest BCUT2D eigenvalue weighted by Crippen LogP contribution is -2.20. The highest BCUT2D eigenvalue weighted by atomic mass is 35.5. The van der Waals surface area contributed by atoms with Crippen molar-refractivity contribution >= 4 is 35.2 Å². The maximum atomic E-state index is 11.7. The quantitative estimate of drug-likeness (QED) is 0.837. The average molecular weight is 306 g/mol. The molecule has 2 aromatic carbocycles. The lowest BCUT2D eigenvalue weighted by Gasteiger charge is -2.02. The lowest BCUT2D eigenvalue weighted by atomic mass is 10.2. The summed E-state index contributed by atoms with van der Waals surface area (Å²) in [5.41, 5.74) is 1.93. The van der Waals surface area contributed by atoms with Crippen molar-refractivity contribution in [2.24, 2.45) is 0 Å². The summed E-state index contributed by atoms with van der Waals surface area (Å²) in [5, 5.41) is 4.16. The monoisotopic (exact) mass is 305 g/mol. The molecule has 2 aromatic rings. The van der Waals surface area contributed by atoms with Crippen molar-refractivity contribution in [1.82, 2.24) is 5.32 Å². The molecule has 102 valence electrons. The minimum Gasteiger partial charge on any atom is -0.348 e. The maximum Gasteiger partial charge on any atom is 0.244 e. The fourth-order valence-corrected chi connectivity index (χ4v) is 1.85. The van der Waals surface area contributed by atoms with Crippen LogP contribution in [0.15, 0.2) is 54.6 Å². The van der Waals surface area contributed by atoms with Gasteiger partial charge in [-0.1, -0.05) is 47.5 Å². The molecule has 1 N–H and O–H groups in total. The van der Waals surface area contributed by atoms with E-state index in [1.807, 2.05) is 24.3 Å². The van der Waals surface area contributed by atoms with Crippen LogP contribution < -0.4 is 5.32 Å². The van der Waals surface area contributed by atoms with Crippen molar-refractivity contribution in [3.8, 4) is 0 Å². The van der Waals surface area contributed by atoms with E-state index in [0.717, 1.165) is 11.1 Å². The summed E-state index contributed by atoms with van der Waals surface area (Å²) in [6.45, 7) is 0.473. The molecule has 2 nitrogen and oxygen atoms in total. The molecule has 0 saturated carbocycles. The highest BCUT2D eigenvalue weighted by Gasteiger charge is 1.97. The van der Waals surface area contributed by atoms with Crippen molar-refractivity contribution in [3.63, 3.8) is 0 Å². The van der Waals surface area contributed by atoms with Gasteiger partial charge >= 0.3 is 0 Å². The summed E-state index contributed by atoms with van der Waals surface area (Å²) in [4.78, 5) is 11.7. The number of amides is 1. The van der Waals surface area contributed by atoms with Gasteiger partial charge < -0.3 is 5.32 Å². The molecular weight excluding hydrogens is 293 g/mol. The number of rotatable bonds is 4. The van der Waals surface area contributed by atoms with Crippen molar-refractivity contribution < 1.29 is 4.79 Å². The van der Waals surface area contributed by atoms with E-state index in [0.29, 0.717) is 16.6 Å². The fraction of sp³-hybridized carbons (Fsp3) is 0.0625. The van der Waals surface area contributed by atoms with Gasteiger partial charge in [-0.05, 0) is 41.5 Å². The van der Waals surface area contributed by atoms with Gasteiger partial charge in [-0.15, -0.1) is 0 Å². The van der Waals surface area contributed by atoms with Crippen molar-refractivity contribution in [2.45, 2.75) is 6.54 Å². The number of nitrogens with one attached hydrogen (secondary N) is 1. The summed E-state index contributed by atoms with van der Waals surface area (Å²) in [5.74, 6) is -0.144. The Kier molecular flexibility index (Phi) is 5.22. The van der Waals surface area contributed by atoms with Crippen LogP contribution in [0.4, 0.5) is 0 Å². The van der Waals surface area contributed by atoms with Gasteiger partial charge in [0.2, 0.25) is 5.91 Å². The molecule has 20 heavy (non-hydrogen) atoms. The van der Waals surface area contributed by atoms with E-state index in [1.54, 1.807) is 30.3 Å². The Balaban J connectivity index is 1.86. The smallest absolute Gasteiger partial charge is 0.244 e. The number of halogens is 2. The fourth-order valence-electron chi connectivity index (χ4n) is 1.60. The Morgan fingerprint density at radius 2 is 1.50 bits per heavy atom. The topological polar surface area (TPSA) is 29.1 Å². The molecule has 0 aliphatic heterocycles. The predicted octanol–water partition coefficient (Wildman–Crippen LogP) is 4.32. The zero-order chi connectivity index (χ0) is 14.4. The molecule has 4 heteroatoms. The number of benzene rings is 2. The van der Waals surface area contributed by atoms with Crippen LogP contribution in [0.25, 0.3) is 6.08 Å². The molecule has 0 aliphatic carbocycles. The van der Waals surface area contributed by atoms with Gasteiger partial charge in [-0.25, -0.2) is 0 Å². The summed E-state index contributed by atoms with van der Waals surface area (Å²) in [7, 11) is 0. The first-order valence-corrected chi connectivity index (χ1v) is 6.85. The molecule has 2 rings (SSSR count). The largest absolute Gasteiger partial charge is 0.348 e. The molecule has 1 amide bonds. The second-order valence-corrected chi connectivity index (χ2v) is 5.10. The molecule has 0 bridgehead atoms. The second-order valence-electron chi connectivity index (χ2n) is 4.23. The first-order valence-electron chi connectivity index (χ1n) is 6.09. The predicted molar refractivity (Wildman–Crippen MR) is 83.8 cm³/mol. The molecule has 0 atom stereocenters. The minimum atomic E-state index is -0.144. The van der Waals surface area contributed by atoms with Crippen LogP contribution >= 0.6 is 23.2 Å². The standard InChI is InChI=1S/C16H13Cl2NO/c17-14-6-1-12(2-7-14)5-10-16(20)19-11-13-3-8-15(18)9-4-13/h1-10H,11H2,(H,19,20)/b10-5+. The van der Waals surface area contributed by atoms with Crippen LogP contribution in [-0.2, 0) is 11.3 Å². The van der Waals surface area contributed by atoms with Crippen LogP contribution in [0.5, 0.6) is 0 Å². The zero-order valence-corrected chi connectivity index (χ0v) is 12.2. The Hall–Kier alpha value is -1.77. The van der Waals surface area contributed by atoms with Crippen LogP contribution in [0.2, 0.25) is 10.0 Å². The van der Waals surface area contributed by atoms with Gasteiger partial charge in [0.1, 0.15) is 0 Å². The van der Waals surface area contributed by atoms with Gasteiger partial charge in [-0.2, -0.15) is 0 Å². The van der Waals surface area contributed by atoms with E-state index in [-0.39, 0.29) is 5.91 Å². The van der Waals surface area contributed by atoms with Gasteiger partial charge in [0.05, 0.1) is 0 Å². The number of hydrogen-bond donors (Lipinski definition) is 1. The van der Waals surface area contributed by atoms with Crippen molar-refractivity contribution in [1.29, 1.82) is 0 Å². The van der Waals surface area contributed by atoms with E-state index in [1.165, 1.54) is 6.08 Å². The first-order chi connectivity index (χ1) is 9.63. The molecule has 0 aliphatic rings. The average Bonchev–Trinajstić information content (AvgIpc) is 2.46. The number of carbonyl (C=O) groups excluding carboxylic acids is 1. The van der Waals surface area contributed by atoms with Gasteiger partial charge in [0.15, 0.2) is 0 Å². The Bertz CT molecular complexity index is 603. The highest BCUT2D eigenvalue weighted by Crippen LogP contribution is 2.11. The normalized spacial score (nSPS) is 10.7. The molecule has 0 spiro atoms. The summed E-state index contributed by atoms with van der Waals surface area (Å²) in [6, 6.07) is 14.6. The molecular formula is C16H13Cl2NO. The Morgan fingerprint density at radius 1 is 0.950 bits per heavy atom. The van der Waals surface area contributed by atoms with Crippen LogP contribution in [0.1, 0.15) is 11.1 Å². The SMILES string of the molecule is O=C(/C=C/c1ccc(Cl)cc1)NCc1ccc(Cl)cc1. The summed E-state index contributed by atoms with van der Waals surface area (Å²) in [6.07, 6.45) is 3.24. The molecule has 0 radical (unpaired) electrons. The Morgan fingerprint density at radius 3 is 2.10 bits per heavy atom. The zero-order valence-electron chi connectivity index (χ0n) is 10.6. The van der Waals surface area contributed by atoms with Crippen LogP contribution in [0.3, 0.4) is 0 Å². The molecule has 0 saturated heterocycles. The van der Waals surface area contributed by atoms with E-state index < -0.39 is 0 Å². The second kappa shape index (κ2) is 7.13. The summed E-state index contributed by atoms with van der Waals surface area (Å²) < 4.78 is 0. The maximum absolute atomic E-state index is 11.7. The van der Waals surface area contributed by atoms with Crippen molar-refractivity contribution in [3.05, 3.63) is 75.8 Å². The molecule has 0 heterocycles. The highest BCUT2D eigenvalue weighted by molar-refractivity contribution is 6.30. The van der Waals surface area contributed by atoms with Gasteiger partial charge in [0.25, 0.3) is 0 Å². The molecule has 0 fully saturated rings. The van der Waals surface area contributed by atoms with Gasteiger partial charge in [0, 0.05) is 22.7 Å². The third-order valence-electron chi connectivity index (χ3n) is 2.68. The van der Waals surface area contributed by atoms with E-state index in [2.05, 4.69) is 5.32 Å². The van der Waals surface area contributed by atoms with E-state index >= 15 is 0 Å². The first kappa shape index (κ1) is 14.6. The third kappa shape index (κ3) is 4.72. The number of hydrogen-bond acceptors (Lipinski definition) is 1. The van der Waals surface area contributed by atoms with Crippen molar-refractivity contribution in [2.75, 3.05) is 0 Å². The van der Waals surface area contributed by atoms with Gasteiger partial charge in [-0.3, -0.25) is 4.79 Å². The molecule has 0 aromatic heterocycles.